The smallest absolute Gasteiger partial charge is 0.164 e. The van der Waals surface area contributed by atoms with E-state index in [1.54, 1.807) is 0 Å². The molecule has 0 N–H and O–H groups in total. The Hall–Kier alpha value is -7.23. The van der Waals surface area contributed by atoms with Gasteiger partial charge in [-0.3, -0.25) is 0 Å². The maximum atomic E-state index is 5.15. The average molecular weight is 688 g/mol. The Morgan fingerprint density at radius 2 is 0.704 bits per heavy atom. The third-order valence-corrected chi connectivity index (χ3v) is 10.3. The molecule has 0 bridgehead atoms. The lowest BCUT2D eigenvalue weighted by Gasteiger charge is -2.14. The lowest BCUT2D eigenvalue weighted by atomic mass is 9.90. The lowest BCUT2D eigenvalue weighted by molar-refractivity contribution is 1.07. The Morgan fingerprint density at radius 1 is 0.222 bits per heavy atom. The van der Waals surface area contributed by atoms with Gasteiger partial charge in [0.2, 0.25) is 0 Å². The quantitative estimate of drug-likeness (QED) is 0.175. The second-order valence-corrected chi connectivity index (χ2v) is 13.7. The summed E-state index contributed by atoms with van der Waals surface area (Å²) in [4.78, 5) is 15.3. The predicted octanol–water partition coefficient (Wildman–Crippen LogP) is 13.3. The lowest BCUT2D eigenvalue weighted by Crippen LogP contribution is -2.00. The van der Waals surface area contributed by atoms with E-state index in [1.165, 1.54) is 54.7 Å². The van der Waals surface area contributed by atoms with Crippen LogP contribution >= 0.6 is 0 Å². The van der Waals surface area contributed by atoms with Crippen molar-refractivity contribution in [1.29, 1.82) is 0 Å². The fraction of sp³-hybridized carbons (Fsp3) is 0. The summed E-state index contributed by atoms with van der Waals surface area (Å²) in [6, 6.07) is 70.7. The third-order valence-electron chi connectivity index (χ3n) is 10.3. The van der Waals surface area contributed by atoms with Crippen LogP contribution in [0, 0.1) is 0 Å². The van der Waals surface area contributed by atoms with Crippen molar-refractivity contribution >= 4 is 32.3 Å². The number of hydrogen-bond acceptors (Lipinski definition) is 3. The van der Waals surface area contributed by atoms with Gasteiger partial charge in [-0.15, -0.1) is 0 Å². The number of hydrogen-bond donors (Lipinski definition) is 0. The molecule has 0 saturated heterocycles. The molecule has 54 heavy (non-hydrogen) atoms. The molecule has 9 aromatic carbocycles. The fourth-order valence-electron chi connectivity index (χ4n) is 7.55. The molecule has 3 heteroatoms. The predicted molar refractivity (Wildman–Crippen MR) is 225 cm³/mol. The van der Waals surface area contributed by atoms with Gasteiger partial charge in [-0.2, -0.15) is 0 Å². The maximum Gasteiger partial charge on any atom is 0.164 e. The molecule has 252 valence electrons. The van der Waals surface area contributed by atoms with Crippen molar-refractivity contribution in [2.24, 2.45) is 0 Å². The summed E-state index contributed by atoms with van der Waals surface area (Å²) in [6.07, 6.45) is 0. The standard InChI is InChI=1S/C51H33N3/c1-3-13-34(14-4-1)37-25-26-39-30-43(28-27-38(39)29-37)51-53-49(36-16-5-2-6-17-36)52-50(54-51)42-21-11-20-41(31-42)48-33-44(32-40-18-8-10-23-46(40)48)47-24-12-19-35-15-7-9-22-45(35)47/h1-33H. The van der Waals surface area contributed by atoms with E-state index in [0.29, 0.717) is 17.5 Å². The number of fused-ring (bicyclic) bond motifs is 3. The van der Waals surface area contributed by atoms with Gasteiger partial charge in [0.15, 0.2) is 17.5 Å². The van der Waals surface area contributed by atoms with Gasteiger partial charge in [0.25, 0.3) is 0 Å². The van der Waals surface area contributed by atoms with Crippen molar-refractivity contribution < 1.29 is 0 Å². The van der Waals surface area contributed by atoms with E-state index >= 15 is 0 Å². The molecule has 0 saturated carbocycles. The maximum absolute atomic E-state index is 5.15. The highest BCUT2D eigenvalue weighted by atomic mass is 15.0. The molecule has 0 atom stereocenters. The average Bonchev–Trinajstić information content (AvgIpc) is 3.26. The van der Waals surface area contributed by atoms with Crippen molar-refractivity contribution in [3.8, 4) is 67.5 Å². The Balaban J connectivity index is 1.10. The zero-order valence-electron chi connectivity index (χ0n) is 29.4. The highest BCUT2D eigenvalue weighted by molar-refractivity contribution is 6.04. The molecule has 10 aromatic rings. The number of aromatic nitrogens is 3. The van der Waals surface area contributed by atoms with Crippen LogP contribution in [0.15, 0.2) is 200 Å². The first kappa shape index (κ1) is 31.5. The first-order valence-electron chi connectivity index (χ1n) is 18.3. The summed E-state index contributed by atoms with van der Waals surface area (Å²) < 4.78 is 0. The SMILES string of the molecule is c1ccc(-c2ccc3cc(-c4nc(-c5ccccc5)nc(-c5cccc(-c6cc(-c7cccc8ccccc78)cc7ccccc67)c5)n4)ccc3c2)cc1. The van der Waals surface area contributed by atoms with E-state index < -0.39 is 0 Å². The number of rotatable bonds is 6. The molecule has 0 aliphatic rings. The third kappa shape index (κ3) is 5.88. The van der Waals surface area contributed by atoms with Crippen LogP contribution in [0.3, 0.4) is 0 Å². The van der Waals surface area contributed by atoms with Crippen LogP contribution in [0.4, 0.5) is 0 Å². The van der Waals surface area contributed by atoms with E-state index in [1.807, 2.05) is 24.3 Å². The summed E-state index contributed by atoms with van der Waals surface area (Å²) in [7, 11) is 0. The summed E-state index contributed by atoms with van der Waals surface area (Å²) in [6.45, 7) is 0. The highest BCUT2D eigenvalue weighted by Crippen LogP contribution is 2.38. The van der Waals surface area contributed by atoms with E-state index in [0.717, 1.165) is 27.6 Å². The van der Waals surface area contributed by atoms with Crippen molar-refractivity contribution in [1.82, 2.24) is 15.0 Å². The highest BCUT2D eigenvalue weighted by Gasteiger charge is 2.15. The van der Waals surface area contributed by atoms with E-state index in [4.69, 9.17) is 15.0 Å². The molecule has 1 aromatic heterocycles. The van der Waals surface area contributed by atoms with Gasteiger partial charge < -0.3 is 0 Å². The zero-order valence-corrected chi connectivity index (χ0v) is 29.4. The largest absolute Gasteiger partial charge is 0.208 e. The molecule has 0 aliphatic heterocycles. The Labute approximate surface area is 313 Å². The second-order valence-electron chi connectivity index (χ2n) is 13.7. The molecule has 0 aliphatic carbocycles. The van der Waals surface area contributed by atoms with Crippen molar-refractivity contribution in [3.05, 3.63) is 200 Å². The molecule has 0 radical (unpaired) electrons. The van der Waals surface area contributed by atoms with Crippen molar-refractivity contribution in [2.75, 3.05) is 0 Å². The zero-order chi connectivity index (χ0) is 35.8. The minimum atomic E-state index is 0.634. The topological polar surface area (TPSA) is 38.7 Å². The van der Waals surface area contributed by atoms with Gasteiger partial charge in [0.1, 0.15) is 0 Å². The van der Waals surface area contributed by atoms with Gasteiger partial charge in [-0.1, -0.05) is 170 Å². The van der Waals surface area contributed by atoms with Gasteiger partial charge in [-0.05, 0) is 96.0 Å². The van der Waals surface area contributed by atoms with E-state index in [9.17, 15) is 0 Å². The molecule has 0 spiro atoms. The van der Waals surface area contributed by atoms with E-state index in [-0.39, 0.29) is 0 Å². The molecule has 0 amide bonds. The number of nitrogens with zero attached hydrogens (tertiary/aromatic N) is 3. The molecular weight excluding hydrogens is 655 g/mol. The Morgan fingerprint density at radius 3 is 1.44 bits per heavy atom. The van der Waals surface area contributed by atoms with Crippen molar-refractivity contribution in [2.45, 2.75) is 0 Å². The minimum absolute atomic E-state index is 0.634. The molecular formula is C51H33N3. The molecule has 10 rings (SSSR count). The van der Waals surface area contributed by atoms with Crippen LogP contribution in [0.2, 0.25) is 0 Å². The van der Waals surface area contributed by atoms with Crippen LogP contribution in [0.5, 0.6) is 0 Å². The fourth-order valence-corrected chi connectivity index (χ4v) is 7.55. The first-order chi connectivity index (χ1) is 26.7. The van der Waals surface area contributed by atoms with Crippen LogP contribution in [-0.2, 0) is 0 Å². The monoisotopic (exact) mass is 687 g/mol. The van der Waals surface area contributed by atoms with E-state index in [2.05, 4.69) is 176 Å². The Kier molecular flexibility index (Phi) is 7.81. The Bertz CT molecular complexity index is 2980. The number of benzene rings is 9. The van der Waals surface area contributed by atoms with Gasteiger partial charge >= 0.3 is 0 Å². The summed E-state index contributed by atoms with van der Waals surface area (Å²) >= 11 is 0. The second kappa shape index (κ2) is 13.4. The summed E-state index contributed by atoms with van der Waals surface area (Å²) in [5.41, 5.74) is 9.90. The first-order valence-corrected chi connectivity index (χ1v) is 18.3. The molecule has 0 fully saturated rings. The normalized spacial score (nSPS) is 11.3. The summed E-state index contributed by atoms with van der Waals surface area (Å²) in [5.74, 6) is 1.92. The van der Waals surface area contributed by atoms with Crippen molar-refractivity contribution in [3.63, 3.8) is 0 Å². The molecule has 0 unspecified atom stereocenters. The van der Waals surface area contributed by atoms with Crippen LogP contribution in [-0.4, -0.2) is 15.0 Å². The van der Waals surface area contributed by atoms with Gasteiger partial charge in [0.05, 0.1) is 0 Å². The summed E-state index contributed by atoms with van der Waals surface area (Å²) in [5, 5.41) is 7.18. The van der Waals surface area contributed by atoms with Crippen LogP contribution < -0.4 is 0 Å². The molecule has 1 heterocycles. The van der Waals surface area contributed by atoms with Gasteiger partial charge in [0, 0.05) is 16.7 Å². The van der Waals surface area contributed by atoms with Gasteiger partial charge in [-0.25, -0.2) is 15.0 Å². The minimum Gasteiger partial charge on any atom is -0.208 e. The molecule has 3 nitrogen and oxygen atoms in total. The van der Waals surface area contributed by atoms with Crippen LogP contribution in [0.1, 0.15) is 0 Å². The van der Waals surface area contributed by atoms with Crippen LogP contribution in [0.25, 0.3) is 99.9 Å².